The molecule has 2 aliphatic heterocycles. The SMILES string of the molecule is ClNC1CCN(C2CCN(NC3(c4ccccc4)CCCC3)CC2)C1. The lowest BCUT2D eigenvalue weighted by molar-refractivity contribution is 0.0464. The molecule has 5 heteroatoms. The Morgan fingerprint density at radius 1 is 0.960 bits per heavy atom. The van der Waals surface area contributed by atoms with Crippen molar-refractivity contribution in [3.8, 4) is 0 Å². The first-order valence-electron chi connectivity index (χ1n) is 9.98. The minimum Gasteiger partial charge on any atom is -0.299 e. The Hall–Kier alpha value is -0.650. The Morgan fingerprint density at radius 2 is 1.68 bits per heavy atom. The predicted molar refractivity (Wildman–Crippen MR) is 103 cm³/mol. The van der Waals surface area contributed by atoms with Crippen molar-refractivity contribution in [2.75, 3.05) is 26.2 Å². The summed E-state index contributed by atoms with van der Waals surface area (Å²) in [6.07, 6.45) is 8.87. The molecule has 0 aromatic heterocycles. The van der Waals surface area contributed by atoms with E-state index in [1.807, 2.05) is 0 Å². The summed E-state index contributed by atoms with van der Waals surface area (Å²) >= 11 is 5.81. The maximum absolute atomic E-state index is 5.81. The van der Waals surface area contributed by atoms with E-state index in [9.17, 15) is 0 Å². The molecule has 1 aromatic carbocycles. The fourth-order valence-corrected chi connectivity index (χ4v) is 5.23. The van der Waals surface area contributed by atoms with Gasteiger partial charge in [-0.25, -0.2) is 15.3 Å². The van der Waals surface area contributed by atoms with E-state index in [0.29, 0.717) is 6.04 Å². The number of nitrogens with one attached hydrogen (secondary N) is 2. The van der Waals surface area contributed by atoms with Gasteiger partial charge in [0.1, 0.15) is 0 Å². The van der Waals surface area contributed by atoms with Crippen molar-refractivity contribution in [1.82, 2.24) is 20.2 Å². The molecule has 138 valence electrons. The zero-order valence-corrected chi connectivity index (χ0v) is 15.8. The Bertz CT molecular complexity index is 538. The molecule has 3 fully saturated rings. The third-order valence-electron chi connectivity index (χ3n) is 6.51. The summed E-state index contributed by atoms with van der Waals surface area (Å²) in [5.74, 6) is 0. The molecule has 2 heterocycles. The van der Waals surface area contributed by atoms with E-state index >= 15 is 0 Å². The predicted octanol–water partition coefficient (Wildman–Crippen LogP) is 3.24. The summed E-state index contributed by atoms with van der Waals surface area (Å²) in [6.45, 7) is 4.59. The first kappa shape index (κ1) is 17.7. The van der Waals surface area contributed by atoms with Crippen LogP contribution in [0.3, 0.4) is 0 Å². The molecule has 25 heavy (non-hydrogen) atoms. The molecule has 3 aliphatic rings. The second-order valence-corrected chi connectivity index (χ2v) is 8.29. The minimum atomic E-state index is 0.162. The van der Waals surface area contributed by atoms with Crippen molar-refractivity contribution in [3.63, 3.8) is 0 Å². The Labute approximate surface area is 157 Å². The lowest BCUT2D eigenvalue weighted by Gasteiger charge is -2.42. The van der Waals surface area contributed by atoms with Gasteiger partial charge in [0.2, 0.25) is 0 Å². The topological polar surface area (TPSA) is 30.5 Å². The van der Waals surface area contributed by atoms with E-state index in [4.69, 9.17) is 11.8 Å². The third kappa shape index (κ3) is 3.88. The third-order valence-corrected chi connectivity index (χ3v) is 6.82. The summed E-state index contributed by atoms with van der Waals surface area (Å²) in [6, 6.07) is 12.3. The first-order valence-corrected chi connectivity index (χ1v) is 10.4. The number of likely N-dealkylation sites (tertiary alicyclic amines) is 1. The van der Waals surface area contributed by atoms with Crippen LogP contribution in [-0.2, 0) is 5.54 Å². The summed E-state index contributed by atoms with van der Waals surface area (Å²) in [5, 5.41) is 2.50. The highest BCUT2D eigenvalue weighted by Crippen LogP contribution is 2.39. The smallest absolute Gasteiger partial charge is 0.0574 e. The lowest BCUT2D eigenvalue weighted by atomic mass is 9.89. The van der Waals surface area contributed by atoms with Crippen LogP contribution in [0.2, 0.25) is 0 Å². The largest absolute Gasteiger partial charge is 0.299 e. The van der Waals surface area contributed by atoms with Crippen LogP contribution in [0.4, 0.5) is 0 Å². The van der Waals surface area contributed by atoms with Gasteiger partial charge in [0.25, 0.3) is 0 Å². The zero-order chi connectivity index (χ0) is 17.1. The van der Waals surface area contributed by atoms with Gasteiger partial charge >= 0.3 is 0 Å². The maximum Gasteiger partial charge on any atom is 0.0574 e. The molecule has 1 aliphatic carbocycles. The molecule has 1 saturated carbocycles. The van der Waals surface area contributed by atoms with Gasteiger partial charge in [-0.15, -0.1) is 0 Å². The minimum absolute atomic E-state index is 0.162. The van der Waals surface area contributed by atoms with Crippen LogP contribution in [0.1, 0.15) is 50.5 Å². The molecule has 1 aromatic rings. The van der Waals surface area contributed by atoms with Gasteiger partial charge in [-0.05, 0) is 49.4 Å². The van der Waals surface area contributed by atoms with Crippen molar-refractivity contribution in [2.45, 2.75) is 62.6 Å². The molecule has 2 N–H and O–H groups in total. The van der Waals surface area contributed by atoms with Crippen molar-refractivity contribution in [1.29, 1.82) is 0 Å². The Balaban J connectivity index is 1.35. The quantitative estimate of drug-likeness (QED) is 0.787. The lowest BCUT2D eigenvalue weighted by Crippen LogP contribution is -2.55. The van der Waals surface area contributed by atoms with E-state index in [1.165, 1.54) is 57.1 Å². The molecular formula is C20H31ClN4. The van der Waals surface area contributed by atoms with Gasteiger partial charge in [0, 0.05) is 38.3 Å². The number of hydrogen-bond acceptors (Lipinski definition) is 4. The molecule has 0 spiro atoms. The summed E-state index contributed by atoms with van der Waals surface area (Å²) in [7, 11) is 0. The van der Waals surface area contributed by atoms with Crippen LogP contribution in [0.15, 0.2) is 30.3 Å². The standard InChI is InChI=1S/C20H31ClN4/c21-22-18-8-13-24(16-18)19-9-14-25(15-10-19)23-20(11-4-5-12-20)17-6-2-1-3-7-17/h1-3,6-7,18-19,22-23H,4-5,8-16H2. The van der Waals surface area contributed by atoms with Crippen LogP contribution < -0.4 is 10.3 Å². The van der Waals surface area contributed by atoms with Crippen LogP contribution in [0.25, 0.3) is 0 Å². The van der Waals surface area contributed by atoms with E-state index in [1.54, 1.807) is 0 Å². The number of hydrogen-bond donors (Lipinski definition) is 2. The van der Waals surface area contributed by atoms with Crippen molar-refractivity contribution in [2.24, 2.45) is 0 Å². The molecule has 0 amide bonds. The highest BCUT2D eigenvalue weighted by molar-refractivity contribution is 6.13. The molecule has 2 saturated heterocycles. The average molecular weight is 363 g/mol. The fraction of sp³-hybridized carbons (Fsp3) is 0.700. The van der Waals surface area contributed by atoms with E-state index in [-0.39, 0.29) is 5.54 Å². The number of halogens is 1. The van der Waals surface area contributed by atoms with E-state index in [2.05, 4.69) is 50.5 Å². The molecule has 4 nitrogen and oxygen atoms in total. The molecule has 1 unspecified atom stereocenters. The number of benzene rings is 1. The highest BCUT2D eigenvalue weighted by atomic mass is 35.5. The summed E-state index contributed by atoms with van der Waals surface area (Å²) < 4.78 is 0. The van der Waals surface area contributed by atoms with Gasteiger partial charge < -0.3 is 0 Å². The van der Waals surface area contributed by atoms with Crippen LogP contribution in [0, 0.1) is 0 Å². The van der Waals surface area contributed by atoms with Gasteiger partial charge in [0.15, 0.2) is 0 Å². The second-order valence-electron chi connectivity index (χ2n) is 8.07. The van der Waals surface area contributed by atoms with Crippen molar-refractivity contribution in [3.05, 3.63) is 35.9 Å². The Kier molecular flexibility index (Phi) is 5.63. The number of rotatable bonds is 5. The van der Waals surface area contributed by atoms with Crippen molar-refractivity contribution < 1.29 is 0 Å². The average Bonchev–Trinajstić information content (AvgIpc) is 3.33. The summed E-state index contributed by atoms with van der Waals surface area (Å²) in [5.41, 5.74) is 5.59. The molecular weight excluding hydrogens is 332 g/mol. The second kappa shape index (κ2) is 7.93. The van der Waals surface area contributed by atoms with Crippen molar-refractivity contribution >= 4 is 11.8 Å². The monoisotopic (exact) mass is 362 g/mol. The maximum atomic E-state index is 5.81. The first-order chi connectivity index (χ1) is 12.3. The van der Waals surface area contributed by atoms with Gasteiger partial charge in [0.05, 0.1) is 5.54 Å². The van der Waals surface area contributed by atoms with E-state index < -0.39 is 0 Å². The normalized spacial score (nSPS) is 28.6. The molecule has 0 bridgehead atoms. The van der Waals surface area contributed by atoms with Crippen LogP contribution in [0.5, 0.6) is 0 Å². The Morgan fingerprint density at radius 3 is 2.32 bits per heavy atom. The molecule has 4 rings (SSSR count). The van der Waals surface area contributed by atoms with Crippen LogP contribution >= 0.6 is 11.8 Å². The van der Waals surface area contributed by atoms with Gasteiger partial charge in [-0.1, -0.05) is 43.2 Å². The number of piperidine rings is 1. The number of nitrogens with zero attached hydrogens (tertiary/aromatic N) is 2. The zero-order valence-electron chi connectivity index (χ0n) is 15.1. The van der Waals surface area contributed by atoms with Gasteiger partial charge in [-0.2, -0.15) is 0 Å². The fourth-order valence-electron chi connectivity index (χ4n) is 5.05. The molecule has 1 atom stereocenters. The molecule has 0 radical (unpaired) electrons. The highest BCUT2D eigenvalue weighted by Gasteiger charge is 2.38. The van der Waals surface area contributed by atoms with E-state index in [0.717, 1.165) is 25.7 Å². The summed E-state index contributed by atoms with van der Waals surface area (Å²) in [4.78, 5) is 5.56. The number of hydrazine groups is 1. The van der Waals surface area contributed by atoms with Crippen LogP contribution in [-0.4, -0.2) is 48.2 Å². The van der Waals surface area contributed by atoms with Gasteiger partial charge in [-0.3, -0.25) is 4.90 Å².